The molecule has 7 heteroatoms. The minimum atomic E-state index is -0.650. The van der Waals surface area contributed by atoms with Crippen molar-refractivity contribution in [2.45, 2.75) is 43.7 Å². The molecule has 1 aromatic carbocycles. The van der Waals surface area contributed by atoms with Crippen molar-refractivity contribution in [3.8, 4) is 0 Å². The first-order valence-electron chi connectivity index (χ1n) is 8.65. The van der Waals surface area contributed by atoms with E-state index < -0.39 is 11.5 Å². The number of aliphatic hydroxyl groups is 1. The zero-order chi connectivity index (χ0) is 17.6. The van der Waals surface area contributed by atoms with Crippen LogP contribution in [-0.4, -0.2) is 44.0 Å². The monoisotopic (exact) mass is 344 g/mol. The van der Waals surface area contributed by atoms with Gasteiger partial charge in [0.1, 0.15) is 11.5 Å². The molecule has 1 aromatic heterocycles. The molecule has 1 saturated heterocycles. The molecular formula is C18H21FN4O2. The SMILES string of the molecule is C[C@H](O)c1cn(C2CN(C(=O)C3(c4ccc(F)cc4)CCC3)C2)nn1. The quantitative estimate of drug-likeness (QED) is 0.921. The molecule has 2 aliphatic rings. The van der Waals surface area contributed by atoms with Crippen LogP contribution in [0, 0.1) is 5.82 Å². The van der Waals surface area contributed by atoms with E-state index in [2.05, 4.69) is 10.3 Å². The summed E-state index contributed by atoms with van der Waals surface area (Å²) in [6.07, 6.45) is 3.72. The van der Waals surface area contributed by atoms with Gasteiger partial charge in [-0.15, -0.1) is 5.10 Å². The minimum Gasteiger partial charge on any atom is -0.387 e. The molecule has 25 heavy (non-hydrogen) atoms. The van der Waals surface area contributed by atoms with Crippen molar-refractivity contribution in [2.24, 2.45) is 0 Å². The third-order valence-electron chi connectivity index (χ3n) is 5.49. The van der Waals surface area contributed by atoms with E-state index in [1.54, 1.807) is 29.9 Å². The van der Waals surface area contributed by atoms with Crippen LogP contribution in [0.1, 0.15) is 49.6 Å². The lowest BCUT2D eigenvalue weighted by molar-refractivity contribution is -0.147. The molecule has 1 amide bonds. The summed E-state index contributed by atoms with van der Waals surface area (Å²) in [7, 11) is 0. The Labute approximate surface area is 145 Å². The van der Waals surface area contributed by atoms with Crippen LogP contribution in [0.15, 0.2) is 30.5 Å². The first-order valence-corrected chi connectivity index (χ1v) is 8.65. The van der Waals surface area contributed by atoms with Gasteiger partial charge in [0.15, 0.2) is 0 Å². The molecule has 132 valence electrons. The normalized spacial score (nSPS) is 20.7. The van der Waals surface area contributed by atoms with Crippen molar-refractivity contribution < 1.29 is 14.3 Å². The number of hydrogen-bond acceptors (Lipinski definition) is 4. The van der Waals surface area contributed by atoms with Crippen LogP contribution in [-0.2, 0) is 10.2 Å². The Balaban J connectivity index is 1.46. The number of amides is 1. The summed E-state index contributed by atoms with van der Waals surface area (Å²) in [5.41, 5.74) is 0.948. The molecule has 1 N–H and O–H groups in total. The fraction of sp³-hybridized carbons (Fsp3) is 0.500. The van der Waals surface area contributed by atoms with E-state index in [-0.39, 0.29) is 17.8 Å². The highest BCUT2D eigenvalue weighted by molar-refractivity contribution is 5.90. The fourth-order valence-electron chi connectivity index (χ4n) is 3.68. The average molecular weight is 344 g/mol. The number of carbonyl (C=O) groups is 1. The van der Waals surface area contributed by atoms with Crippen molar-refractivity contribution in [3.05, 3.63) is 47.5 Å². The maximum atomic E-state index is 13.2. The maximum absolute atomic E-state index is 13.2. The van der Waals surface area contributed by atoms with Crippen LogP contribution < -0.4 is 0 Å². The Bertz CT molecular complexity index is 777. The summed E-state index contributed by atoms with van der Waals surface area (Å²) in [4.78, 5) is 14.9. The molecular weight excluding hydrogens is 323 g/mol. The average Bonchev–Trinajstić information content (AvgIpc) is 2.96. The van der Waals surface area contributed by atoms with E-state index in [9.17, 15) is 14.3 Å². The van der Waals surface area contributed by atoms with Crippen molar-refractivity contribution in [1.82, 2.24) is 19.9 Å². The van der Waals surface area contributed by atoms with E-state index in [1.807, 2.05) is 4.90 Å². The molecule has 2 fully saturated rings. The number of benzene rings is 1. The van der Waals surface area contributed by atoms with Gasteiger partial charge >= 0.3 is 0 Å². The van der Waals surface area contributed by atoms with Gasteiger partial charge in [-0.2, -0.15) is 0 Å². The minimum absolute atomic E-state index is 0.0919. The highest BCUT2D eigenvalue weighted by Gasteiger charge is 2.50. The second-order valence-corrected chi connectivity index (χ2v) is 7.11. The number of likely N-dealkylation sites (tertiary alicyclic amines) is 1. The summed E-state index contributed by atoms with van der Waals surface area (Å²) in [5.74, 6) is -0.160. The molecule has 1 aliphatic heterocycles. The third kappa shape index (κ3) is 2.63. The van der Waals surface area contributed by atoms with E-state index >= 15 is 0 Å². The topological polar surface area (TPSA) is 71.2 Å². The summed E-state index contributed by atoms with van der Waals surface area (Å²) >= 11 is 0. The Kier molecular flexibility index (Phi) is 3.83. The van der Waals surface area contributed by atoms with E-state index in [1.165, 1.54) is 12.1 Å². The van der Waals surface area contributed by atoms with Crippen LogP contribution in [0.5, 0.6) is 0 Å². The van der Waals surface area contributed by atoms with Gasteiger partial charge in [0, 0.05) is 13.1 Å². The molecule has 2 heterocycles. The number of aromatic nitrogens is 3. The van der Waals surface area contributed by atoms with Crippen molar-refractivity contribution in [2.75, 3.05) is 13.1 Å². The predicted octanol–water partition coefficient (Wildman–Crippen LogP) is 1.98. The van der Waals surface area contributed by atoms with Crippen LogP contribution in [0.3, 0.4) is 0 Å². The van der Waals surface area contributed by atoms with E-state index in [0.717, 1.165) is 24.8 Å². The van der Waals surface area contributed by atoms with E-state index in [4.69, 9.17) is 0 Å². The molecule has 0 spiro atoms. The lowest BCUT2D eigenvalue weighted by atomic mass is 9.63. The molecule has 1 aliphatic carbocycles. The predicted molar refractivity (Wildman–Crippen MR) is 88.2 cm³/mol. The molecule has 0 bridgehead atoms. The number of halogens is 1. The van der Waals surface area contributed by atoms with Gasteiger partial charge in [-0.1, -0.05) is 23.8 Å². The Morgan fingerprint density at radius 2 is 2.00 bits per heavy atom. The van der Waals surface area contributed by atoms with Gasteiger partial charge in [0.2, 0.25) is 5.91 Å². The van der Waals surface area contributed by atoms with Crippen molar-refractivity contribution in [3.63, 3.8) is 0 Å². The van der Waals surface area contributed by atoms with Crippen molar-refractivity contribution >= 4 is 5.91 Å². The molecule has 2 aromatic rings. The number of nitrogens with zero attached hydrogens (tertiary/aromatic N) is 4. The number of carbonyl (C=O) groups excluding carboxylic acids is 1. The van der Waals surface area contributed by atoms with Gasteiger partial charge in [0.05, 0.1) is 23.8 Å². The summed E-state index contributed by atoms with van der Waals surface area (Å²) in [5, 5.41) is 17.5. The van der Waals surface area contributed by atoms with Gasteiger partial charge in [-0.25, -0.2) is 9.07 Å². The van der Waals surface area contributed by atoms with Crippen LogP contribution in [0.2, 0.25) is 0 Å². The zero-order valence-electron chi connectivity index (χ0n) is 14.1. The van der Waals surface area contributed by atoms with Crippen LogP contribution >= 0.6 is 0 Å². The Morgan fingerprint density at radius 1 is 1.32 bits per heavy atom. The summed E-state index contributed by atoms with van der Waals surface area (Å²) < 4.78 is 14.9. The first-order chi connectivity index (χ1) is 12.0. The van der Waals surface area contributed by atoms with Crippen LogP contribution in [0.4, 0.5) is 4.39 Å². The molecule has 6 nitrogen and oxygen atoms in total. The lowest BCUT2D eigenvalue weighted by Crippen LogP contribution is -2.59. The van der Waals surface area contributed by atoms with Gasteiger partial charge in [-0.3, -0.25) is 4.79 Å². The maximum Gasteiger partial charge on any atom is 0.233 e. The molecule has 4 rings (SSSR count). The number of hydrogen-bond donors (Lipinski definition) is 1. The molecule has 0 radical (unpaired) electrons. The second-order valence-electron chi connectivity index (χ2n) is 7.11. The first kappa shape index (κ1) is 16.2. The summed E-state index contributed by atoms with van der Waals surface area (Å²) in [6, 6.07) is 6.41. The third-order valence-corrected chi connectivity index (χ3v) is 5.49. The van der Waals surface area contributed by atoms with Gasteiger partial charge in [0.25, 0.3) is 0 Å². The standard InChI is InChI=1S/C18H21FN4O2/c1-12(24)16-11-23(21-20-16)15-9-22(10-15)17(25)18(7-2-8-18)13-3-5-14(19)6-4-13/h3-6,11-12,15,24H,2,7-10H2,1H3/t12-/m0/s1. The van der Waals surface area contributed by atoms with Gasteiger partial charge in [-0.05, 0) is 37.5 Å². The highest BCUT2D eigenvalue weighted by Crippen LogP contribution is 2.46. The second kappa shape index (κ2) is 5.91. The fourth-order valence-corrected chi connectivity index (χ4v) is 3.68. The molecule has 1 atom stereocenters. The zero-order valence-corrected chi connectivity index (χ0v) is 14.1. The number of rotatable bonds is 4. The Hall–Kier alpha value is -2.28. The Morgan fingerprint density at radius 3 is 2.52 bits per heavy atom. The highest BCUT2D eigenvalue weighted by atomic mass is 19.1. The smallest absolute Gasteiger partial charge is 0.233 e. The molecule has 1 saturated carbocycles. The van der Waals surface area contributed by atoms with Crippen molar-refractivity contribution in [1.29, 1.82) is 0 Å². The van der Waals surface area contributed by atoms with Crippen LogP contribution in [0.25, 0.3) is 0 Å². The lowest BCUT2D eigenvalue weighted by Gasteiger charge is -2.48. The summed E-state index contributed by atoms with van der Waals surface area (Å²) in [6.45, 7) is 2.82. The number of aliphatic hydroxyl groups excluding tert-OH is 1. The molecule has 0 unspecified atom stereocenters. The largest absolute Gasteiger partial charge is 0.387 e. The van der Waals surface area contributed by atoms with E-state index in [0.29, 0.717) is 18.8 Å². The van der Waals surface area contributed by atoms with Gasteiger partial charge < -0.3 is 10.0 Å².